The molecule has 144 valence electrons. The van der Waals surface area contributed by atoms with Crippen molar-refractivity contribution in [3.63, 3.8) is 0 Å². The van der Waals surface area contributed by atoms with Crippen molar-refractivity contribution in [2.45, 2.75) is 46.3 Å². The van der Waals surface area contributed by atoms with Crippen molar-refractivity contribution in [1.82, 2.24) is 19.7 Å². The smallest absolute Gasteiger partial charge is 0.437 e. The molecule has 7 heteroatoms. The van der Waals surface area contributed by atoms with Crippen LogP contribution in [0.2, 0.25) is 0 Å². The molecule has 4 rings (SSSR count). The summed E-state index contributed by atoms with van der Waals surface area (Å²) in [6.45, 7) is 7.69. The quantitative estimate of drug-likeness (QED) is 0.674. The summed E-state index contributed by atoms with van der Waals surface area (Å²) in [7, 11) is 0. The number of fused-ring (bicyclic) bond motifs is 1. The van der Waals surface area contributed by atoms with Gasteiger partial charge in [-0.2, -0.15) is 4.68 Å². The Hall–Kier alpha value is -3.22. The van der Waals surface area contributed by atoms with Crippen LogP contribution in [0.5, 0.6) is 5.88 Å². The Morgan fingerprint density at radius 3 is 2.71 bits per heavy atom. The van der Waals surface area contributed by atoms with Gasteiger partial charge in [-0.15, -0.1) is 5.10 Å². The van der Waals surface area contributed by atoms with Crippen molar-refractivity contribution >= 4 is 5.57 Å². The van der Waals surface area contributed by atoms with E-state index in [1.54, 1.807) is 12.4 Å². The zero-order chi connectivity index (χ0) is 19.8. The van der Waals surface area contributed by atoms with E-state index >= 15 is 0 Å². The van der Waals surface area contributed by atoms with E-state index in [4.69, 9.17) is 9.15 Å². The second kappa shape index (κ2) is 7.07. The third-order valence-corrected chi connectivity index (χ3v) is 4.48. The molecule has 2 heterocycles. The summed E-state index contributed by atoms with van der Waals surface area (Å²) in [5, 5.41) is 4.36. The van der Waals surface area contributed by atoms with Gasteiger partial charge in [-0.3, -0.25) is 4.98 Å². The first-order chi connectivity index (χ1) is 13.4. The molecule has 1 aliphatic rings. The molecule has 7 nitrogen and oxygen atoms in total. The molecular formula is C21H22N4O3. The highest BCUT2D eigenvalue weighted by Crippen LogP contribution is 2.34. The van der Waals surface area contributed by atoms with Crippen molar-refractivity contribution < 1.29 is 9.15 Å². The van der Waals surface area contributed by atoms with Crippen LogP contribution in [0, 0.1) is 0 Å². The van der Waals surface area contributed by atoms with Crippen molar-refractivity contribution in [3.05, 3.63) is 64.2 Å². The minimum Gasteiger partial charge on any atom is -0.474 e. The lowest BCUT2D eigenvalue weighted by Gasteiger charge is -2.10. The number of nitrogens with zero attached hydrogens (tertiary/aromatic N) is 4. The van der Waals surface area contributed by atoms with Gasteiger partial charge in [0.15, 0.2) is 0 Å². The number of benzene rings is 1. The lowest BCUT2D eigenvalue weighted by molar-refractivity contribution is 0.232. The van der Waals surface area contributed by atoms with Gasteiger partial charge in [0.1, 0.15) is 0 Å². The topological polar surface area (TPSA) is 83.0 Å². The molecule has 0 saturated heterocycles. The summed E-state index contributed by atoms with van der Waals surface area (Å²) < 4.78 is 12.4. The average Bonchev–Trinajstić information content (AvgIpc) is 3.24. The molecule has 0 amide bonds. The number of hydrogen-bond acceptors (Lipinski definition) is 6. The van der Waals surface area contributed by atoms with Gasteiger partial charge in [-0.05, 0) is 51.3 Å². The van der Waals surface area contributed by atoms with Crippen molar-refractivity contribution in [3.8, 4) is 17.1 Å². The summed E-state index contributed by atoms with van der Waals surface area (Å²) in [6.07, 6.45) is 6.15. The Morgan fingerprint density at radius 2 is 2.00 bits per heavy atom. The van der Waals surface area contributed by atoms with E-state index in [1.165, 1.54) is 4.68 Å². The van der Waals surface area contributed by atoms with Crippen LogP contribution in [0.1, 0.15) is 50.8 Å². The minimum atomic E-state index is -0.445. The number of allylic oxidation sites excluding steroid dienone is 1. The summed E-state index contributed by atoms with van der Waals surface area (Å²) >= 11 is 0. The zero-order valence-electron chi connectivity index (χ0n) is 16.3. The predicted octanol–water partition coefficient (Wildman–Crippen LogP) is 3.65. The second-order valence-corrected chi connectivity index (χ2v) is 7.31. The molecule has 0 bridgehead atoms. The Bertz CT molecular complexity index is 1110. The molecule has 0 spiro atoms. The van der Waals surface area contributed by atoms with E-state index in [2.05, 4.69) is 21.1 Å². The number of ether oxygens (including phenoxy) is 1. The molecule has 0 aliphatic heterocycles. The highest BCUT2D eigenvalue weighted by atomic mass is 16.5. The molecule has 1 aromatic carbocycles. The normalized spacial score (nSPS) is 13.1. The van der Waals surface area contributed by atoms with Crippen LogP contribution in [0.25, 0.3) is 16.8 Å². The fourth-order valence-electron chi connectivity index (χ4n) is 3.20. The predicted molar refractivity (Wildman–Crippen MR) is 105 cm³/mol. The summed E-state index contributed by atoms with van der Waals surface area (Å²) in [5.74, 6) is 0.392. The molecule has 1 aliphatic carbocycles. The van der Waals surface area contributed by atoms with Crippen molar-refractivity contribution in [2.75, 3.05) is 0 Å². The number of hydrogen-bond donors (Lipinski definition) is 0. The van der Waals surface area contributed by atoms with Crippen molar-refractivity contribution in [2.24, 2.45) is 0 Å². The maximum Gasteiger partial charge on any atom is 0.437 e. The van der Waals surface area contributed by atoms with E-state index in [0.29, 0.717) is 11.8 Å². The van der Waals surface area contributed by atoms with E-state index in [1.807, 2.05) is 45.9 Å². The van der Waals surface area contributed by atoms with Gasteiger partial charge in [0, 0.05) is 11.1 Å². The van der Waals surface area contributed by atoms with Gasteiger partial charge < -0.3 is 9.15 Å². The summed E-state index contributed by atoms with van der Waals surface area (Å²) in [5.41, 5.74) is 4.62. The van der Waals surface area contributed by atoms with Crippen LogP contribution < -0.4 is 10.5 Å². The van der Waals surface area contributed by atoms with E-state index in [-0.39, 0.29) is 12.1 Å². The van der Waals surface area contributed by atoms with E-state index in [9.17, 15) is 4.79 Å². The van der Waals surface area contributed by atoms with Crippen LogP contribution in [-0.2, 0) is 6.42 Å². The summed E-state index contributed by atoms with van der Waals surface area (Å²) in [6, 6.07) is 6.05. The van der Waals surface area contributed by atoms with Gasteiger partial charge in [0.2, 0.25) is 11.8 Å². The van der Waals surface area contributed by atoms with E-state index < -0.39 is 5.76 Å². The second-order valence-electron chi connectivity index (χ2n) is 7.31. The monoisotopic (exact) mass is 378 g/mol. The minimum absolute atomic E-state index is 0.0260. The van der Waals surface area contributed by atoms with Crippen LogP contribution in [0.4, 0.5) is 0 Å². The fourth-order valence-corrected chi connectivity index (χ4v) is 3.20. The Morgan fingerprint density at radius 1 is 1.18 bits per heavy atom. The third kappa shape index (κ3) is 3.35. The highest BCUT2D eigenvalue weighted by Gasteiger charge is 2.22. The fraction of sp³-hybridized carbons (Fsp3) is 0.333. The molecule has 0 N–H and O–H groups in total. The number of rotatable bonds is 5. The van der Waals surface area contributed by atoms with Crippen LogP contribution in [0.3, 0.4) is 0 Å². The van der Waals surface area contributed by atoms with Gasteiger partial charge in [0.25, 0.3) is 0 Å². The lowest BCUT2D eigenvalue weighted by Crippen LogP contribution is -2.17. The van der Waals surface area contributed by atoms with Crippen LogP contribution in [-0.4, -0.2) is 25.9 Å². The highest BCUT2D eigenvalue weighted by molar-refractivity contribution is 5.83. The molecule has 2 aromatic heterocycles. The van der Waals surface area contributed by atoms with Crippen LogP contribution >= 0.6 is 0 Å². The average molecular weight is 378 g/mol. The molecule has 0 unspecified atom stereocenters. The third-order valence-electron chi connectivity index (χ3n) is 4.48. The van der Waals surface area contributed by atoms with Crippen LogP contribution in [0.15, 0.2) is 45.9 Å². The molecule has 28 heavy (non-hydrogen) atoms. The van der Waals surface area contributed by atoms with Gasteiger partial charge >= 0.3 is 5.76 Å². The zero-order valence-corrected chi connectivity index (χ0v) is 16.3. The Labute approximate surface area is 162 Å². The maximum absolute atomic E-state index is 12.0. The van der Waals surface area contributed by atoms with Gasteiger partial charge in [-0.25, -0.2) is 9.78 Å². The Balaban J connectivity index is 1.71. The van der Waals surface area contributed by atoms with Crippen molar-refractivity contribution in [1.29, 1.82) is 0 Å². The summed E-state index contributed by atoms with van der Waals surface area (Å²) in [4.78, 5) is 20.8. The largest absolute Gasteiger partial charge is 0.474 e. The first-order valence-electron chi connectivity index (χ1n) is 9.35. The standard InChI is InChI=1S/C21H22N4O3/c1-12(2)25-21(26)28-20(24-25)16-8-7-14-5-6-15(9-17(14)16)18-10-22-11-19(23-18)27-13(3)4/h5-6,8-13H,7H2,1-4H3. The molecule has 0 radical (unpaired) electrons. The van der Waals surface area contributed by atoms with Gasteiger partial charge in [-0.1, -0.05) is 18.2 Å². The molecule has 3 aromatic rings. The first-order valence-corrected chi connectivity index (χ1v) is 9.35. The number of aromatic nitrogens is 4. The molecule has 0 atom stereocenters. The molecule has 0 saturated carbocycles. The SMILES string of the molecule is CC(C)Oc1cncc(-c2ccc3c(c2)C(c2nn(C(C)C)c(=O)o2)=CC3)n1. The Kier molecular flexibility index (Phi) is 4.58. The lowest BCUT2D eigenvalue weighted by atomic mass is 10.0. The van der Waals surface area contributed by atoms with E-state index in [0.717, 1.165) is 34.4 Å². The van der Waals surface area contributed by atoms with Gasteiger partial charge in [0.05, 0.1) is 30.2 Å². The molecular weight excluding hydrogens is 356 g/mol. The maximum atomic E-state index is 12.0. The molecule has 0 fully saturated rings. The first kappa shape index (κ1) is 18.2.